The van der Waals surface area contributed by atoms with Gasteiger partial charge < -0.3 is 10.5 Å². The molecule has 0 aliphatic carbocycles. The first kappa shape index (κ1) is 15.0. The summed E-state index contributed by atoms with van der Waals surface area (Å²) >= 11 is 3.49. The Balaban J connectivity index is 2.28. The lowest BCUT2D eigenvalue weighted by Gasteiger charge is -2.16. The third-order valence-electron chi connectivity index (χ3n) is 3.25. The molecule has 2 rings (SSSR count). The highest BCUT2D eigenvalue weighted by Crippen LogP contribution is 2.28. The molecular weight excluding hydrogens is 321 g/mol. The summed E-state index contributed by atoms with van der Waals surface area (Å²) in [4.78, 5) is 0. The van der Waals surface area contributed by atoms with Gasteiger partial charge in [-0.25, -0.2) is 4.39 Å². The van der Waals surface area contributed by atoms with Crippen LogP contribution in [0.25, 0.3) is 0 Å². The maximum atomic E-state index is 14.1. The van der Waals surface area contributed by atoms with Crippen molar-refractivity contribution in [2.45, 2.75) is 19.4 Å². The molecule has 2 aromatic carbocycles. The highest BCUT2D eigenvalue weighted by Gasteiger charge is 2.15. The number of rotatable bonds is 4. The van der Waals surface area contributed by atoms with E-state index < -0.39 is 0 Å². The lowest BCUT2D eigenvalue weighted by atomic mass is 9.98. The van der Waals surface area contributed by atoms with E-state index in [4.69, 9.17) is 10.5 Å². The fourth-order valence-electron chi connectivity index (χ4n) is 2.17. The Labute approximate surface area is 126 Å². The van der Waals surface area contributed by atoms with E-state index in [1.165, 1.54) is 7.11 Å². The van der Waals surface area contributed by atoms with Crippen LogP contribution in [0.15, 0.2) is 40.9 Å². The van der Waals surface area contributed by atoms with Gasteiger partial charge in [0, 0.05) is 10.5 Å². The maximum Gasteiger partial charge on any atom is 0.168 e. The van der Waals surface area contributed by atoms with Gasteiger partial charge in [-0.2, -0.15) is 0 Å². The van der Waals surface area contributed by atoms with E-state index >= 15 is 0 Å². The molecule has 0 heterocycles. The molecular formula is C16H17BrFNO. The van der Waals surface area contributed by atoms with E-state index in [2.05, 4.69) is 15.9 Å². The molecule has 1 atom stereocenters. The molecule has 0 radical (unpaired) electrons. The van der Waals surface area contributed by atoms with E-state index in [9.17, 15) is 4.39 Å². The number of halogens is 2. The van der Waals surface area contributed by atoms with Gasteiger partial charge in [0.1, 0.15) is 0 Å². The summed E-state index contributed by atoms with van der Waals surface area (Å²) in [6.07, 6.45) is 0.422. The Morgan fingerprint density at radius 3 is 2.75 bits per heavy atom. The van der Waals surface area contributed by atoms with Gasteiger partial charge in [0.25, 0.3) is 0 Å². The van der Waals surface area contributed by atoms with Crippen LogP contribution in [0.2, 0.25) is 0 Å². The smallest absolute Gasteiger partial charge is 0.168 e. The molecule has 0 spiro atoms. The fourth-order valence-corrected chi connectivity index (χ4v) is 2.71. The topological polar surface area (TPSA) is 35.2 Å². The van der Waals surface area contributed by atoms with Crippen LogP contribution in [0.4, 0.5) is 4.39 Å². The van der Waals surface area contributed by atoms with Crippen LogP contribution in [0.3, 0.4) is 0 Å². The fraction of sp³-hybridized carbons (Fsp3) is 0.250. The molecule has 2 aromatic rings. The van der Waals surface area contributed by atoms with Gasteiger partial charge in [-0.1, -0.05) is 45.8 Å². The molecule has 0 bridgehead atoms. The number of aryl methyl sites for hydroxylation is 1. The van der Waals surface area contributed by atoms with Crippen LogP contribution < -0.4 is 10.5 Å². The summed E-state index contributed by atoms with van der Waals surface area (Å²) in [5, 5.41) is 0. The first-order valence-corrected chi connectivity index (χ1v) is 7.15. The second-order valence-corrected chi connectivity index (χ2v) is 5.62. The summed E-state index contributed by atoms with van der Waals surface area (Å²) in [5.41, 5.74) is 8.89. The predicted octanol–water partition coefficient (Wildman–Crippen LogP) is 4.15. The lowest BCUT2D eigenvalue weighted by molar-refractivity contribution is 0.383. The molecule has 0 fully saturated rings. The molecule has 0 amide bonds. The Bertz CT molecular complexity index is 615. The van der Waals surface area contributed by atoms with Crippen molar-refractivity contribution in [3.8, 4) is 5.75 Å². The highest BCUT2D eigenvalue weighted by molar-refractivity contribution is 9.10. The number of ether oxygens (including phenoxy) is 1. The zero-order chi connectivity index (χ0) is 14.7. The molecule has 2 nitrogen and oxygen atoms in total. The molecule has 20 heavy (non-hydrogen) atoms. The standard InChI is InChI=1S/C16H17BrFNO/c1-10-6-7-13(17)12(8-10)14(19)9-11-4-3-5-15(20-2)16(11)18/h3-8,14H,9,19H2,1-2H3. The van der Waals surface area contributed by atoms with Crippen molar-refractivity contribution in [3.05, 3.63) is 63.4 Å². The van der Waals surface area contributed by atoms with Gasteiger partial charge in [-0.3, -0.25) is 0 Å². The van der Waals surface area contributed by atoms with Crippen LogP contribution in [0, 0.1) is 12.7 Å². The van der Waals surface area contributed by atoms with Crippen molar-refractivity contribution in [2.24, 2.45) is 5.73 Å². The van der Waals surface area contributed by atoms with Gasteiger partial charge in [0.2, 0.25) is 0 Å². The minimum Gasteiger partial charge on any atom is -0.494 e. The normalized spacial score (nSPS) is 12.2. The number of benzene rings is 2. The molecule has 0 saturated carbocycles. The molecule has 4 heteroatoms. The van der Waals surface area contributed by atoms with Gasteiger partial charge >= 0.3 is 0 Å². The first-order valence-electron chi connectivity index (χ1n) is 6.36. The Hall–Kier alpha value is -1.39. The van der Waals surface area contributed by atoms with Crippen LogP contribution in [0.1, 0.15) is 22.7 Å². The highest BCUT2D eigenvalue weighted by atomic mass is 79.9. The van der Waals surface area contributed by atoms with E-state index in [0.29, 0.717) is 12.0 Å². The van der Waals surface area contributed by atoms with Crippen molar-refractivity contribution >= 4 is 15.9 Å². The quantitative estimate of drug-likeness (QED) is 0.909. The van der Waals surface area contributed by atoms with Crippen molar-refractivity contribution in [1.29, 1.82) is 0 Å². The Morgan fingerprint density at radius 2 is 2.05 bits per heavy atom. The van der Waals surface area contributed by atoms with Crippen molar-refractivity contribution < 1.29 is 9.13 Å². The summed E-state index contributed by atoms with van der Waals surface area (Å²) in [5.74, 6) is -0.0905. The molecule has 2 N–H and O–H groups in total. The van der Waals surface area contributed by atoms with E-state index in [0.717, 1.165) is 15.6 Å². The van der Waals surface area contributed by atoms with E-state index in [1.807, 2.05) is 25.1 Å². The summed E-state index contributed by atoms with van der Waals surface area (Å²) in [6.45, 7) is 2.01. The summed E-state index contributed by atoms with van der Waals surface area (Å²) in [6, 6.07) is 10.8. The van der Waals surface area contributed by atoms with Crippen LogP contribution >= 0.6 is 15.9 Å². The van der Waals surface area contributed by atoms with Gasteiger partial charge in [-0.15, -0.1) is 0 Å². The molecule has 1 unspecified atom stereocenters. The third-order valence-corrected chi connectivity index (χ3v) is 3.98. The number of methoxy groups -OCH3 is 1. The number of hydrogen-bond acceptors (Lipinski definition) is 2. The Kier molecular flexibility index (Phi) is 4.78. The van der Waals surface area contributed by atoms with Crippen LogP contribution in [-0.4, -0.2) is 7.11 Å². The number of hydrogen-bond donors (Lipinski definition) is 1. The average molecular weight is 338 g/mol. The second kappa shape index (κ2) is 6.37. The Morgan fingerprint density at radius 1 is 1.30 bits per heavy atom. The van der Waals surface area contributed by atoms with E-state index in [-0.39, 0.29) is 17.6 Å². The minimum atomic E-state index is -0.339. The average Bonchev–Trinajstić information content (AvgIpc) is 2.43. The van der Waals surface area contributed by atoms with E-state index in [1.54, 1.807) is 18.2 Å². The molecule has 0 saturated heterocycles. The molecule has 0 aliphatic heterocycles. The first-order chi connectivity index (χ1) is 9.52. The summed E-state index contributed by atoms with van der Waals surface area (Å²) < 4.78 is 20.1. The second-order valence-electron chi connectivity index (χ2n) is 4.77. The van der Waals surface area contributed by atoms with Gasteiger partial charge in [0.15, 0.2) is 11.6 Å². The zero-order valence-corrected chi connectivity index (χ0v) is 13.1. The molecule has 0 aromatic heterocycles. The SMILES string of the molecule is COc1cccc(CC(N)c2cc(C)ccc2Br)c1F. The molecule has 0 aliphatic rings. The van der Waals surface area contributed by atoms with Crippen LogP contribution in [-0.2, 0) is 6.42 Å². The monoisotopic (exact) mass is 337 g/mol. The van der Waals surface area contributed by atoms with Gasteiger partial charge in [0.05, 0.1) is 7.11 Å². The zero-order valence-electron chi connectivity index (χ0n) is 11.5. The van der Waals surface area contributed by atoms with Crippen LogP contribution in [0.5, 0.6) is 5.75 Å². The minimum absolute atomic E-state index is 0.248. The lowest BCUT2D eigenvalue weighted by Crippen LogP contribution is -2.15. The largest absolute Gasteiger partial charge is 0.494 e. The van der Waals surface area contributed by atoms with Crippen molar-refractivity contribution in [3.63, 3.8) is 0 Å². The van der Waals surface area contributed by atoms with Crippen molar-refractivity contribution in [2.75, 3.05) is 7.11 Å². The number of nitrogens with two attached hydrogens (primary N) is 1. The third kappa shape index (κ3) is 3.19. The summed E-state index contributed by atoms with van der Waals surface area (Å²) in [7, 11) is 1.46. The molecule has 106 valence electrons. The maximum absolute atomic E-state index is 14.1. The van der Waals surface area contributed by atoms with Gasteiger partial charge in [-0.05, 0) is 36.6 Å². The van der Waals surface area contributed by atoms with Crippen molar-refractivity contribution in [1.82, 2.24) is 0 Å². The predicted molar refractivity (Wildman–Crippen MR) is 82.5 cm³/mol.